The third-order valence-electron chi connectivity index (χ3n) is 6.89. The first-order chi connectivity index (χ1) is 16.2. The summed E-state index contributed by atoms with van der Waals surface area (Å²) in [6.45, 7) is 6.22. The molecule has 9 heteroatoms. The van der Waals surface area contributed by atoms with Gasteiger partial charge in [0, 0.05) is 47.3 Å². The van der Waals surface area contributed by atoms with Crippen LogP contribution in [0.2, 0.25) is 0 Å². The van der Waals surface area contributed by atoms with E-state index in [1.165, 1.54) is 12.3 Å². The lowest BCUT2D eigenvalue weighted by molar-refractivity contribution is -0.389. The molecule has 0 spiro atoms. The van der Waals surface area contributed by atoms with E-state index in [2.05, 4.69) is 20.8 Å². The summed E-state index contributed by atoms with van der Waals surface area (Å²) in [6.07, 6.45) is 8.14. The second-order valence-electron chi connectivity index (χ2n) is 9.50. The topological polar surface area (TPSA) is 99.9 Å². The van der Waals surface area contributed by atoms with Gasteiger partial charge in [0.05, 0.1) is 16.7 Å². The van der Waals surface area contributed by atoms with Crippen LogP contribution >= 0.6 is 0 Å². The number of nitrogens with zero attached hydrogens (tertiary/aromatic N) is 5. The van der Waals surface area contributed by atoms with E-state index in [0.717, 1.165) is 64.1 Å². The lowest BCUT2D eigenvalue weighted by Crippen LogP contribution is -2.27. The third kappa shape index (κ3) is 4.06. The largest absolute Gasteiger partial charge is 0.363 e. The quantitative estimate of drug-likeness (QED) is 0.258. The van der Waals surface area contributed by atoms with Crippen molar-refractivity contribution in [2.75, 3.05) is 0 Å². The van der Waals surface area contributed by atoms with Crippen molar-refractivity contribution in [3.8, 4) is 22.3 Å². The highest BCUT2D eigenvalue weighted by Gasteiger charge is 2.31. The van der Waals surface area contributed by atoms with E-state index >= 15 is 0 Å². The number of halogens is 1. The Morgan fingerprint density at radius 1 is 1.21 bits per heavy atom. The number of hydrogen-bond acceptors (Lipinski definition) is 6. The SMILES string of the molecule is Cc1noc(C)c1-c1cnc2c(-c3ccc([N+](=O)[O-])nc3)cn(CC3CCC(C)(F)CC3)c2c1. The highest BCUT2D eigenvalue weighted by molar-refractivity contribution is 5.95. The average Bonchev–Trinajstić information content (AvgIpc) is 3.34. The maximum Gasteiger partial charge on any atom is 0.363 e. The van der Waals surface area contributed by atoms with Gasteiger partial charge in [0.2, 0.25) is 0 Å². The van der Waals surface area contributed by atoms with Crippen molar-refractivity contribution < 1.29 is 13.8 Å². The Kier molecular flexibility index (Phi) is 5.42. The number of fused-ring (bicyclic) bond motifs is 1. The van der Waals surface area contributed by atoms with Gasteiger partial charge in [-0.25, -0.2) is 4.39 Å². The zero-order valence-corrected chi connectivity index (χ0v) is 19.4. The summed E-state index contributed by atoms with van der Waals surface area (Å²) in [6, 6.07) is 5.18. The predicted octanol–water partition coefficient (Wildman–Crippen LogP) is 6.20. The Morgan fingerprint density at radius 3 is 2.56 bits per heavy atom. The molecule has 0 atom stereocenters. The van der Waals surface area contributed by atoms with Crippen LogP contribution in [0.25, 0.3) is 33.3 Å². The molecule has 8 nitrogen and oxygen atoms in total. The highest BCUT2D eigenvalue weighted by Crippen LogP contribution is 2.38. The van der Waals surface area contributed by atoms with Crippen LogP contribution in [0.1, 0.15) is 44.1 Å². The molecular formula is C25H26FN5O3. The van der Waals surface area contributed by atoms with E-state index in [4.69, 9.17) is 9.51 Å². The summed E-state index contributed by atoms with van der Waals surface area (Å²) in [4.78, 5) is 19.3. The molecule has 4 heterocycles. The number of hydrogen-bond donors (Lipinski definition) is 0. The molecule has 0 amide bonds. The Labute approximate surface area is 196 Å². The van der Waals surface area contributed by atoms with Crippen LogP contribution in [0.3, 0.4) is 0 Å². The van der Waals surface area contributed by atoms with Gasteiger partial charge in [-0.1, -0.05) is 5.16 Å². The molecule has 176 valence electrons. The molecule has 34 heavy (non-hydrogen) atoms. The van der Waals surface area contributed by atoms with E-state index < -0.39 is 10.6 Å². The van der Waals surface area contributed by atoms with Crippen molar-refractivity contribution in [2.24, 2.45) is 5.92 Å². The minimum Gasteiger partial charge on any atom is -0.361 e. The minimum absolute atomic E-state index is 0.197. The molecular weight excluding hydrogens is 437 g/mol. The van der Waals surface area contributed by atoms with E-state index in [1.54, 1.807) is 19.2 Å². The van der Waals surface area contributed by atoms with Crippen LogP contribution in [0.15, 0.2) is 41.3 Å². The predicted molar refractivity (Wildman–Crippen MR) is 126 cm³/mol. The standard InChI is InChI=1S/C25H26FN5O3/c1-15-23(16(2)34-29-15)19-10-21-24(28-12-19)20(18-4-5-22(27-11-18)31(32)33)14-30(21)13-17-6-8-25(3,26)9-7-17/h4-5,10-12,14,17H,6-9,13H2,1-3H3. The van der Waals surface area contributed by atoms with Crippen LogP contribution in [0.5, 0.6) is 0 Å². The molecule has 1 fully saturated rings. The Hall–Kier alpha value is -3.62. The lowest BCUT2D eigenvalue weighted by Gasteiger charge is -2.31. The summed E-state index contributed by atoms with van der Waals surface area (Å²) in [7, 11) is 0. The summed E-state index contributed by atoms with van der Waals surface area (Å²) in [5.41, 5.74) is 4.90. The normalized spacial score (nSPS) is 20.6. The van der Waals surface area contributed by atoms with Crippen molar-refractivity contribution in [3.63, 3.8) is 0 Å². The van der Waals surface area contributed by atoms with Crippen LogP contribution in [-0.4, -0.2) is 30.3 Å². The molecule has 0 N–H and O–H groups in total. The van der Waals surface area contributed by atoms with Gasteiger partial charge in [-0.3, -0.25) is 4.98 Å². The van der Waals surface area contributed by atoms with Crippen LogP contribution in [0.4, 0.5) is 10.2 Å². The fourth-order valence-electron chi connectivity index (χ4n) is 4.95. The molecule has 4 aromatic rings. The van der Waals surface area contributed by atoms with Crippen molar-refractivity contribution in [3.05, 3.63) is 58.4 Å². The second-order valence-corrected chi connectivity index (χ2v) is 9.50. The monoisotopic (exact) mass is 463 g/mol. The van der Waals surface area contributed by atoms with Crippen LogP contribution in [0, 0.1) is 29.9 Å². The second kappa shape index (κ2) is 8.30. The summed E-state index contributed by atoms with van der Waals surface area (Å²) >= 11 is 0. The fraction of sp³-hybridized carbons (Fsp3) is 0.400. The minimum atomic E-state index is -1.08. The first-order valence-corrected chi connectivity index (χ1v) is 11.4. The molecule has 4 aromatic heterocycles. The molecule has 0 bridgehead atoms. The maximum absolute atomic E-state index is 14.4. The van der Waals surface area contributed by atoms with E-state index in [-0.39, 0.29) is 5.82 Å². The number of pyridine rings is 2. The van der Waals surface area contributed by atoms with Crippen molar-refractivity contribution in [2.45, 2.75) is 58.7 Å². The summed E-state index contributed by atoms with van der Waals surface area (Å²) < 4.78 is 21.9. The van der Waals surface area contributed by atoms with Gasteiger partial charge in [-0.05, 0) is 74.4 Å². The first-order valence-electron chi connectivity index (χ1n) is 11.4. The van der Waals surface area contributed by atoms with Gasteiger partial charge in [0.15, 0.2) is 0 Å². The lowest BCUT2D eigenvalue weighted by atomic mass is 9.81. The van der Waals surface area contributed by atoms with Gasteiger partial charge >= 0.3 is 5.82 Å². The molecule has 0 aromatic carbocycles. The molecule has 1 saturated carbocycles. The zero-order valence-electron chi connectivity index (χ0n) is 19.4. The number of aryl methyl sites for hydroxylation is 2. The van der Waals surface area contributed by atoms with Gasteiger partial charge in [0.25, 0.3) is 0 Å². The Bertz CT molecular complexity index is 1340. The van der Waals surface area contributed by atoms with E-state index in [1.807, 2.05) is 20.0 Å². The van der Waals surface area contributed by atoms with Gasteiger partial charge in [-0.2, -0.15) is 0 Å². The van der Waals surface area contributed by atoms with Crippen molar-refractivity contribution >= 4 is 16.9 Å². The number of rotatable bonds is 5. The fourth-order valence-corrected chi connectivity index (χ4v) is 4.95. The third-order valence-corrected chi connectivity index (χ3v) is 6.89. The molecule has 5 rings (SSSR count). The van der Waals surface area contributed by atoms with Gasteiger partial charge < -0.3 is 19.2 Å². The average molecular weight is 464 g/mol. The first kappa shape index (κ1) is 22.2. The molecule has 1 aliphatic carbocycles. The Morgan fingerprint density at radius 2 is 1.94 bits per heavy atom. The molecule has 0 saturated heterocycles. The van der Waals surface area contributed by atoms with E-state index in [9.17, 15) is 14.5 Å². The molecule has 0 unspecified atom stereocenters. The summed E-state index contributed by atoms with van der Waals surface area (Å²) in [5, 5.41) is 15.1. The number of aromatic nitrogens is 4. The zero-order chi connectivity index (χ0) is 24.0. The molecule has 1 aliphatic rings. The molecule has 0 radical (unpaired) electrons. The maximum atomic E-state index is 14.4. The number of nitro groups is 1. The van der Waals surface area contributed by atoms with E-state index in [0.29, 0.717) is 18.8 Å². The van der Waals surface area contributed by atoms with Crippen molar-refractivity contribution in [1.82, 2.24) is 19.7 Å². The van der Waals surface area contributed by atoms with Gasteiger partial charge in [-0.15, -0.1) is 0 Å². The van der Waals surface area contributed by atoms with Crippen LogP contribution in [-0.2, 0) is 6.54 Å². The van der Waals surface area contributed by atoms with Gasteiger partial charge in [0.1, 0.15) is 17.6 Å². The highest BCUT2D eigenvalue weighted by atomic mass is 19.1. The molecule has 0 aliphatic heterocycles. The smallest absolute Gasteiger partial charge is 0.361 e. The summed E-state index contributed by atoms with van der Waals surface area (Å²) in [5.74, 6) is 0.897. The van der Waals surface area contributed by atoms with Crippen LogP contribution < -0.4 is 0 Å². The Balaban J connectivity index is 1.59. The van der Waals surface area contributed by atoms with Crippen molar-refractivity contribution in [1.29, 1.82) is 0 Å². The number of alkyl halides is 1.